The van der Waals surface area contributed by atoms with Gasteiger partial charge in [0.1, 0.15) is 18.0 Å². The number of amidine groups is 1. The minimum Gasteiger partial charge on any atom is -0.489 e. The van der Waals surface area contributed by atoms with Gasteiger partial charge >= 0.3 is 0 Å². The fourth-order valence-corrected chi connectivity index (χ4v) is 4.43. The molecule has 0 radical (unpaired) electrons. The average molecular weight is 484 g/mol. The highest BCUT2D eigenvalue weighted by molar-refractivity contribution is 8.18. The van der Waals surface area contributed by atoms with Crippen molar-refractivity contribution in [2.75, 3.05) is 6.54 Å². The van der Waals surface area contributed by atoms with E-state index in [0.29, 0.717) is 39.1 Å². The van der Waals surface area contributed by atoms with Crippen LogP contribution < -0.4 is 4.74 Å². The van der Waals surface area contributed by atoms with E-state index >= 15 is 0 Å². The molecule has 0 N–H and O–H groups in total. The number of halogens is 2. The Labute approximate surface area is 200 Å². The molecule has 1 aliphatic rings. The van der Waals surface area contributed by atoms with Gasteiger partial charge in [0.25, 0.3) is 5.91 Å². The Morgan fingerprint density at radius 2 is 1.88 bits per heavy atom. The van der Waals surface area contributed by atoms with E-state index in [9.17, 15) is 4.79 Å². The summed E-state index contributed by atoms with van der Waals surface area (Å²) in [5.74, 6) is 0.636. The molecule has 8 heteroatoms. The van der Waals surface area contributed by atoms with Crippen LogP contribution in [0.4, 0.5) is 5.69 Å². The molecule has 3 aromatic rings. The normalized spacial score (nSPS) is 16.2. The predicted molar refractivity (Wildman–Crippen MR) is 132 cm³/mol. The lowest BCUT2D eigenvalue weighted by Gasteiger charge is -2.12. The van der Waals surface area contributed by atoms with Gasteiger partial charge in [0.15, 0.2) is 10.3 Å². The van der Waals surface area contributed by atoms with E-state index in [1.54, 1.807) is 23.2 Å². The Morgan fingerprint density at radius 3 is 2.59 bits per heavy atom. The number of pyridine rings is 1. The summed E-state index contributed by atoms with van der Waals surface area (Å²) in [6.45, 7) is 2.80. The third-order valence-corrected chi connectivity index (χ3v) is 6.36. The first-order chi connectivity index (χ1) is 15.5. The van der Waals surface area contributed by atoms with Crippen LogP contribution in [-0.4, -0.2) is 27.5 Å². The van der Waals surface area contributed by atoms with E-state index in [2.05, 4.69) is 9.98 Å². The first kappa shape index (κ1) is 22.4. The molecule has 0 unspecified atom stereocenters. The number of benzene rings is 2. The molecule has 0 atom stereocenters. The van der Waals surface area contributed by atoms with E-state index in [-0.39, 0.29) is 5.91 Å². The maximum atomic E-state index is 12.9. The summed E-state index contributed by atoms with van der Waals surface area (Å²) < 4.78 is 5.83. The summed E-state index contributed by atoms with van der Waals surface area (Å²) in [4.78, 5) is 23.7. The number of aliphatic imine (C=N–C) groups is 1. The van der Waals surface area contributed by atoms with Gasteiger partial charge in [-0.25, -0.2) is 9.98 Å². The maximum Gasteiger partial charge on any atom is 0.266 e. The molecule has 0 spiro atoms. The summed E-state index contributed by atoms with van der Waals surface area (Å²) in [7, 11) is 0. The number of nitrogens with zero attached hydrogens (tertiary/aromatic N) is 3. The summed E-state index contributed by atoms with van der Waals surface area (Å²) in [6, 6.07) is 18.7. The Bertz CT molecular complexity index is 1200. The van der Waals surface area contributed by atoms with Crippen LogP contribution in [-0.2, 0) is 11.4 Å². The zero-order valence-electron chi connectivity index (χ0n) is 17.2. The standard InChI is InChI=1S/C24H19Cl2N3O2S/c1-2-29-23(30)21(32-24(29)28-20-8-5-13-27-22(20)26)14-16-9-11-18(12-10-16)31-15-17-6-3-4-7-19(17)25/h3-14H,2,15H2,1H3/b21-14-,28-24?. The quantitative estimate of drug-likeness (QED) is 0.293. The van der Waals surface area contributed by atoms with E-state index in [1.807, 2.05) is 61.5 Å². The lowest BCUT2D eigenvalue weighted by Crippen LogP contribution is -2.28. The molecule has 1 saturated heterocycles. The molecule has 1 amide bonds. The number of hydrogen-bond donors (Lipinski definition) is 0. The van der Waals surface area contributed by atoms with E-state index < -0.39 is 0 Å². The lowest BCUT2D eigenvalue weighted by molar-refractivity contribution is -0.122. The number of ether oxygens (including phenoxy) is 1. The van der Waals surface area contributed by atoms with Crippen molar-refractivity contribution in [3.8, 4) is 5.75 Å². The molecule has 0 bridgehead atoms. The van der Waals surface area contributed by atoms with Gasteiger partial charge in [-0.05, 0) is 60.7 Å². The maximum absolute atomic E-state index is 12.9. The van der Waals surface area contributed by atoms with Gasteiger partial charge in [0, 0.05) is 23.3 Å². The summed E-state index contributed by atoms with van der Waals surface area (Å²) in [5.41, 5.74) is 2.35. The molecular weight excluding hydrogens is 465 g/mol. The van der Waals surface area contributed by atoms with Crippen molar-refractivity contribution in [2.24, 2.45) is 4.99 Å². The Morgan fingerprint density at radius 1 is 1.09 bits per heavy atom. The molecule has 1 aromatic heterocycles. The van der Waals surface area contributed by atoms with Gasteiger partial charge in [-0.3, -0.25) is 9.69 Å². The molecule has 4 rings (SSSR count). The zero-order chi connectivity index (χ0) is 22.5. The Balaban J connectivity index is 1.49. The molecular formula is C24H19Cl2N3O2S. The van der Waals surface area contributed by atoms with Crippen LogP contribution in [0.5, 0.6) is 5.75 Å². The smallest absolute Gasteiger partial charge is 0.266 e. The number of amides is 1. The van der Waals surface area contributed by atoms with Gasteiger partial charge in [-0.1, -0.05) is 53.5 Å². The minimum absolute atomic E-state index is 0.0877. The van der Waals surface area contributed by atoms with Crippen molar-refractivity contribution in [1.82, 2.24) is 9.88 Å². The number of carbonyl (C=O) groups is 1. The fraction of sp³-hybridized carbons (Fsp3) is 0.125. The van der Waals surface area contributed by atoms with Gasteiger partial charge in [0.05, 0.1) is 4.91 Å². The number of thioether (sulfide) groups is 1. The Hall–Kier alpha value is -2.80. The topological polar surface area (TPSA) is 54.8 Å². The molecule has 5 nitrogen and oxygen atoms in total. The summed E-state index contributed by atoms with van der Waals surface area (Å²) in [6.07, 6.45) is 3.45. The summed E-state index contributed by atoms with van der Waals surface area (Å²) >= 11 is 13.6. The van der Waals surface area contributed by atoms with Gasteiger partial charge in [0.2, 0.25) is 0 Å². The van der Waals surface area contributed by atoms with Crippen LogP contribution in [0.25, 0.3) is 6.08 Å². The van der Waals surface area contributed by atoms with Crippen molar-refractivity contribution in [3.05, 3.63) is 93.1 Å². The highest BCUT2D eigenvalue weighted by atomic mass is 35.5. The first-order valence-corrected chi connectivity index (χ1v) is 11.5. The molecule has 0 saturated carbocycles. The lowest BCUT2D eigenvalue weighted by atomic mass is 10.2. The Kier molecular flexibility index (Phi) is 7.15. The van der Waals surface area contributed by atoms with E-state index in [4.69, 9.17) is 27.9 Å². The molecule has 2 heterocycles. The highest BCUT2D eigenvalue weighted by Crippen LogP contribution is 2.35. The van der Waals surface area contributed by atoms with E-state index in [1.165, 1.54) is 11.8 Å². The second-order valence-electron chi connectivity index (χ2n) is 6.82. The zero-order valence-corrected chi connectivity index (χ0v) is 19.5. The first-order valence-electron chi connectivity index (χ1n) is 9.92. The number of aromatic nitrogens is 1. The third-order valence-electron chi connectivity index (χ3n) is 4.69. The van der Waals surface area contributed by atoms with Crippen LogP contribution >= 0.6 is 35.0 Å². The van der Waals surface area contributed by atoms with Crippen molar-refractivity contribution >= 4 is 57.8 Å². The van der Waals surface area contributed by atoms with Crippen LogP contribution in [0.1, 0.15) is 18.1 Å². The SMILES string of the molecule is CCN1C(=O)/C(=C/c2ccc(OCc3ccccc3Cl)cc2)SC1=Nc1cccnc1Cl. The molecule has 32 heavy (non-hydrogen) atoms. The van der Waals surface area contributed by atoms with Crippen LogP contribution in [0, 0.1) is 0 Å². The second-order valence-corrected chi connectivity index (χ2v) is 8.59. The van der Waals surface area contributed by atoms with Crippen LogP contribution in [0.15, 0.2) is 76.8 Å². The number of hydrogen-bond acceptors (Lipinski definition) is 5. The fourth-order valence-electron chi connectivity index (χ4n) is 3.02. The largest absolute Gasteiger partial charge is 0.489 e. The highest BCUT2D eigenvalue weighted by Gasteiger charge is 2.32. The van der Waals surface area contributed by atoms with Crippen molar-refractivity contribution in [2.45, 2.75) is 13.5 Å². The minimum atomic E-state index is -0.0877. The van der Waals surface area contributed by atoms with Crippen LogP contribution in [0.3, 0.4) is 0 Å². The van der Waals surface area contributed by atoms with Crippen molar-refractivity contribution in [1.29, 1.82) is 0 Å². The van der Waals surface area contributed by atoms with Gasteiger partial charge in [-0.15, -0.1) is 0 Å². The number of carbonyl (C=O) groups excluding carboxylic acids is 1. The number of likely N-dealkylation sites (N-methyl/N-ethyl adjacent to an activating group) is 1. The number of rotatable bonds is 6. The van der Waals surface area contributed by atoms with Crippen LogP contribution in [0.2, 0.25) is 10.2 Å². The molecule has 1 aliphatic heterocycles. The molecule has 2 aromatic carbocycles. The van der Waals surface area contributed by atoms with Gasteiger partial charge < -0.3 is 4.74 Å². The van der Waals surface area contributed by atoms with Crippen molar-refractivity contribution in [3.63, 3.8) is 0 Å². The molecule has 162 valence electrons. The van der Waals surface area contributed by atoms with Gasteiger partial charge in [-0.2, -0.15) is 0 Å². The summed E-state index contributed by atoms with van der Waals surface area (Å²) in [5, 5.41) is 1.56. The predicted octanol–water partition coefficient (Wildman–Crippen LogP) is 6.59. The third kappa shape index (κ3) is 5.15. The monoisotopic (exact) mass is 483 g/mol. The second kappa shape index (κ2) is 10.2. The van der Waals surface area contributed by atoms with E-state index in [0.717, 1.165) is 16.9 Å². The van der Waals surface area contributed by atoms with Crippen molar-refractivity contribution < 1.29 is 9.53 Å². The molecule has 0 aliphatic carbocycles. The average Bonchev–Trinajstić information content (AvgIpc) is 3.09. The molecule has 1 fully saturated rings.